The minimum Gasteiger partial charge on any atom is -0.395 e. The Morgan fingerprint density at radius 2 is 2.00 bits per heavy atom. The van der Waals surface area contributed by atoms with Gasteiger partial charge in [0.15, 0.2) is 0 Å². The molecular weight excluding hydrogens is 296 g/mol. The van der Waals surface area contributed by atoms with Crippen LogP contribution in [-0.4, -0.2) is 44.8 Å². The van der Waals surface area contributed by atoms with E-state index in [1.165, 1.54) is 11.1 Å². The maximum atomic E-state index is 9.36. The zero-order valence-electron chi connectivity index (χ0n) is 13.4. The second-order valence-electron chi connectivity index (χ2n) is 5.51. The van der Waals surface area contributed by atoms with Gasteiger partial charge in [0.2, 0.25) is 0 Å². The van der Waals surface area contributed by atoms with Crippen molar-refractivity contribution in [2.45, 2.75) is 32.9 Å². The number of nitrogens with one attached hydrogen (secondary N) is 1. The molecule has 0 aliphatic carbocycles. The van der Waals surface area contributed by atoms with Gasteiger partial charge >= 0.3 is 0 Å². The lowest BCUT2D eigenvalue weighted by molar-refractivity contribution is 0.238. The van der Waals surface area contributed by atoms with E-state index in [0.29, 0.717) is 6.54 Å². The number of aromatic nitrogens is 3. The van der Waals surface area contributed by atoms with E-state index < -0.39 is 0 Å². The number of aryl methyl sites for hydroxylation is 2. The fourth-order valence-corrected chi connectivity index (χ4v) is 2.85. The molecule has 0 bridgehead atoms. The molecule has 0 saturated heterocycles. The predicted octanol–water partition coefficient (Wildman–Crippen LogP) is 2.09. The maximum Gasteiger partial charge on any atom is 0.0969 e. The molecule has 120 valence electrons. The number of hydrogen-bond acceptors (Lipinski definition) is 5. The summed E-state index contributed by atoms with van der Waals surface area (Å²) in [5.74, 6) is 1.04. The average Bonchev–Trinajstić information content (AvgIpc) is 2.95. The monoisotopic (exact) mass is 320 g/mol. The van der Waals surface area contributed by atoms with Crippen molar-refractivity contribution in [3.8, 4) is 5.69 Å². The van der Waals surface area contributed by atoms with Gasteiger partial charge in [-0.2, -0.15) is 26.8 Å². The molecule has 22 heavy (non-hydrogen) atoms. The van der Waals surface area contributed by atoms with Crippen molar-refractivity contribution >= 4 is 11.8 Å². The second-order valence-corrected chi connectivity index (χ2v) is 6.50. The van der Waals surface area contributed by atoms with Gasteiger partial charge in [0, 0.05) is 12.6 Å². The van der Waals surface area contributed by atoms with Crippen molar-refractivity contribution in [1.29, 1.82) is 0 Å². The number of thioether (sulfide) groups is 1. The summed E-state index contributed by atoms with van der Waals surface area (Å²) in [5.41, 5.74) is 4.25. The van der Waals surface area contributed by atoms with Crippen LogP contribution < -0.4 is 5.32 Å². The average molecular weight is 320 g/mol. The number of aliphatic hydroxyl groups is 1. The van der Waals surface area contributed by atoms with Crippen LogP contribution >= 0.6 is 11.8 Å². The molecule has 2 aromatic rings. The van der Waals surface area contributed by atoms with Crippen molar-refractivity contribution in [3.05, 3.63) is 41.2 Å². The van der Waals surface area contributed by atoms with E-state index in [4.69, 9.17) is 0 Å². The molecule has 0 fully saturated rings. The lowest BCUT2D eigenvalue weighted by Crippen LogP contribution is -2.32. The minimum atomic E-state index is 0.110. The molecule has 0 spiro atoms. The van der Waals surface area contributed by atoms with E-state index in [0.717, 1.165) is 23.6 Å². The fourth-order valence-electron chi connectivity index (χ4n) is 2.33. The first-order valence-electron chi connectivity index (χ1n) is 7.45. The largest absolute Gasteiger partial charge is 0.395 e. The molecule has 0 radical (unpaired) electrons. The highest BCUT2D eigenvalue weighted by Crippen LogP contribution is 2.12. The Balaban J connectivity index is 1.99. The highest BCUT2D eigenvalue weighted by molar-refractivity contribution is 7.98. The first-order valence-corrected chi connectivity index (χ1v) is 8.85. The van der Waals surface area contributed by atoms with Crippen LogP contribution in [0.25, 0.3) is 5.69 Å². The smallest absolute Gasteiger partial charge is 0.0969 e. The van der Waals surface area contributed by atoms with Crippen molar-refractivity contribution in [2.75, 3.05) is 18.6 Å². The molecule has 2 rings (SSSR count). The van der Waals surface area contributed by atoms with E-state index in [-0.39, 0.29) is 12.6 Å². The summed E-state index contributed by atoms with van der Waals surface area (Å²) in [5, 5.41) is 21.5. The van der Waals surface area contributed by atoms with Gasteiger partial charge in [0.1, 0.15) is 0 Å². The Labute approximate surface area is 136 Å². The Morgan fingerprint density at radius 1 is 1.27 bits per heavy atom. The molecule has 0 amide bonds. The molecule has 1 aromatic carbocycles. The molecule has 5 nitrogen and oxygen atoms in total. The molecular formula is C16H24N4OS. The topological polar surface area (TPSA) is 63.0 Å². The van der Waals surface area contributed by atoms with E-state index in [1.807, 2.05) is 0 Å². The van der Waals surface area contributed by atoms with E-state index in [9.17, 15) is 5.11 Å². The van der Waals surface area contributed by atoms with E-state index in [2.05, 4.69) is 53.8 Å². The molecule has 1 unspecified atom stereocenters. The summed E-state index contributed by atoms with van der Waals surface area (Å²) in [7, 11) is 0. The highest BCUT2D eigenvalue weighted by atomic mass is 32.2. The number of rotatable bonds is 8. The van der Waals surface area contributed by atoms with E-state index in [1.54, 1.807) is 22.8 Å². The first-order chi connectivity index (χ1) is 10.6. The highest BCUT2D eigenvalue weighted by Gasteiger charge is 2.09. The van der Waals surface area contributed by atoms with Gasteiger partial charge in [-0.1, -0.05) is 6.07 Å². The van der Waals surface area contributed by atoms with Crippen molar-refractivity contribution in [1.82, 2.24) is 20.3 Å². The summed E-state index contributed by atoms with van der Waals surface area (Å²) in [6.45, 7) is 4.90. The quantitative estimate of drug-likeness (QED) is 0.780. The normalized spacial score (nSPS) is 12.5. The van der Waals surface area contributed by atoms with Gasteiger partial charge in [-0.05, 0) is 55.5 Å². The SMILES string of the molecule is CSCCC(CO)NCc1cnn(-c2cc(C)cc(C)c2)n1. The summed E-state index contributed by atoms with van der Waals surface area (Å²) in [6, 6.07) is 6.38. The predicted molar refractivity (Wildman–Crippen MR) is 91.5 cm³/mol. The number of aliphatic hydroxyl groups excluding tert-OH is 1. The van der Waals surface area contributed by atoms with Crippen LogP contribution in [0.1, 0.15) is 23.2 Å². The molecule has 1 aromatic heterocycles. The van der Waals surface area contributed by atoms with Crippen LogP contribution in [0.3, 0.4) is 0 Å². The third-order valence-corrected chi connectivity index (χ3v) is 4.08. The molecule has 0 saturated carbocycles. The Morgan fingerprint density at radius 3 is 2.64 bits per heavy atom. The standard InChI is InChI=1S/C16H24N4OS/c1-12-6-13(2)8-16(7-12)20-18-10-15(19-20)9-17-14(11-21)4-5-22-3/h6-8,10,14,17,21H,4-5,9,11H2,1-3H3. The van der Waals surface area contributed by atoms with Gasteiger partial charge in [-0.25, -0.2) is 0 Å². The Kier molecular flexibility index (Phi) is 6.42. The van der Waals surface area contributed by atoms with Gasteiger partial charge in [-0.3, -0.25) is 0 Å². The van der Waals surface area contributed by atoms with Crippen molar-refractivity contribution in [2.24, 2.45) is 0 Å². The molecule has 2 N–H and O–H groups in total. The van der Waals surface area contributed by atoms with Crippen LogP contribution in [0.5, 0.6) is 0 Å². The maximum absolute atomic E-state index is 9.36. The number of benzene rings is 1. The van der Waals surface area contributed by atoms with Crippen LogP contribution in [0, 0.1) is 13.8 Å². The zero-order valence-corrected chi connectivity index (χ0v) is 14.2. The van der Waals surface area contributed by atoms with Gasteiger partial charge in [0.25, 0.3) is 0 Å². The van der Waals surface area contributed by atoms with Gasteiger partial charge in [-0.15, -0.1) is 0 Å². The second kappa shape index (κ2) is 8.31. The summed E-state index contributed by atoms with van der Waals surface area (Å²) in [6.07, 6.45) is 4.79. The first kappa shape index (κ1) is 17.0. The third-order valence-electron chi connectivity index (χ3n) is 3.44. The molecule has 0 aliphatic heterocycles. The van der Waals surface area contributed by atoms with E-state index >= 15 is 0 Å². The van der Waals surface area contributed by atoms with Crippen LogP contribution in [-0.2, 0) is 6.54 Å². The Hall–Kier alpha value is -1.37. The Bertz CT molecular complexity index is 579. The summed E-state index contributed by atoms with van der Waals surface area (Å²) >= 11 is 1.79. The van der Waals surface area contributed by atoms with Crippen LogP contribution in [0.2, 0.25) is 0 Å². The van der Waals surface area contributed by atoms with Crippen LogP contribution in [0.15, 0.2) is 24.4 Å². The third kappa shape index (κ3) is 4.83. The zero-order chi connectivity index (χ0) is 15.9. The number of nitrogens with zero attached hydrogens (tertiary/aromatic N) is 3. The van der Waals surface area contributed by atoms with Crippen LogP contribution in [0.4, 0.5) is 0 Å². The summed E-state index contributed by atoms with van der Waals surface area (Å²) in [4.78, 5) is 1.66. The van der Waals surface area contributed by atoms with Crippen molar-refractivity contribution in [3.63, 3.8) is 0 Å². The lowest BCUT2D eigenvalue weighted by Gasteiger charge is -2.14. The number of hydrogen-bond donors (Lipinski definition) is 2. The lowest BCUT2D eigenvalue weighted by atomic mass is 10.1. The van der Waals surface area contributed by atoms with Gasteiger partial charge < -0.3 is 10.4 Å². The van der Waals surface area contributed by atoms with Gasteiger partial charge in [0.05, 0.1) is 24.2 Å². The molecule has 1 atom stereocenters. The molecule has 0 aliphatic rings. The van der Waals surface area contributed by atoms with Crippen molar-refractivity contribution < 1.29 is 5.11 Å². The minimum absolute atomic E-state index is 0.110. The molecule has 1 heterocycles. The summed E-state index contributed by atoms with van der Waals surface area (Å²) < 4.78 is 0. The molecule has 6 heteroatoms. The fraction of sp³-hybridized carbons (Fsp3) is 0.500.